The number of esters is 2. The van der Waals surface area contributed by atoms with Crippen molar-refractivity contribution in [1.82, 2.24) is 0 Å². The molecule has 0 aromatic carbocycles. The molecule has 1 spiro atoms. The van der Waals surface area contributed by atoms with Gasteiger partial charge < -0.3 is 14.2 Å². The largest absolute Gasteiger partial charge is 0.465 e. The smallest absolute Gasteiger partial charge is 0.333 e. The van der Waals surface area contributed by atoms with Gasteiger partial charge in [0.25, 0.3) is 0 Å². The first kappa shape index (κ1) is 11.7. The Bertz CT molecular complexity index is 429. The van der Waals surface area contributed by atoms with E-state index in [2.05, 4.69) is 6.58 Å². The third kappa shape index (κ3) is 1.50. The zero-order valence-electron chi connectivity index (χ0n) is 10.3. The standard InChI is InChI=1S/C13H16O5/c1-7(2)11(14)18-9-5-8-6-13(10(9)17-8)3-4-16-12(13)15/h8-10H,1,3-6H2,2H3. The van der Waals surface area contributed by atoms with E-state index in [4.69, 9.17) is 14.2 Å². The number of carbonyl (C=O) groups is 2. The van der Waals surface area contributed by atoms with Crippen LogP contribution in [0.4, 0.5) is 0 Å². The molecule has 2 bridgehead atoms. The summed E-state index contributed by atoms with van der Waals surface area (Å²) in [7, 11) is 0. The molecule has 0 saturated carbocycles. The van der Waals surface area contributed by atoms with Gasteiger partial charge in [0.1, 0.15) is 17.6 Å². The third-order valence-corrected chi connectivity index (χ3v) is 4.10. The molecule has 4 atom stereocenters. The Kier molecular flexibility index (Phi) is 2.48. The third-order valence-electron chi connectivity index (χ3n) is 4.10. The van der Waals surface area contributed by atoms with E-state index >= 15 is 0 Å². The van der Waals surface area contributed by atoms with Gasteiger partial charge in [-0.2, -0.15) is 0 Å². The highest BCUT2D eigenvalue weighted by Gasteiger charge is 2.64. The molecule has 98 valence electrons. The molecule has 5 nitrogen and oxygen atoms in total. The van der Waals surface area contributed by atoms with Crippen LogP contribution in [0.1, 0.15) is 26.2 Å². The molecule has 4 unspecified atom stereocenters. The second-order valence-corrected chi connectivity index (χ2v) is 5.38. The highest BCUT2D eigenvalue weighted by Crippen LogP contribution is 2.53. The van der Waals surface area contributed by atoms with Gasteiger partial charge in [-0.25, -0.2) is 4.79 Å². The second kappa shape index (κ2) is 3.82. The first-order valence-corrected chi connectivity index (χ1v) is 6.22. The average molecular weight is 252 g/mol. The van der Waals surface area contributed by atoms with Crippen molar-refractivity contribution in [3.63, 3.8) is 0 Å². The van der Waals surface area contributed by atoms with Crippen LogP contribution in [-0.2, 0) is 23.8 Å². The summed E-state index contributed by atoms with van der Waals surface area (Å²) in [5.41, 5.74) is -0.219. The van der Waals surface area contributed by atoms with Crippen LogP contribution in [0.2, 0.25) is 0 Å². The average Bonchev–Trinajstić information content (AvgIpc) is 2.95. The number of fused-ring (bicyclic) bond motifs is 3. The van der Waals surface area contributed by atoms with Gasteiger partial charge in [-0.1, -0.05) is 6.58 Å². The summed E-state index contributed by atoms with van der Waals surface area (Å²) in [6.07, 6.45) is 1.33. The van der Waals surface area contributed by atoms with Crippen molar-refractivity contribution >= 4 is 11.9 Å². The quantitative estimate of drug-likeness (QED) is 0.541. The van der Waals surface area contributed by atoms with E-state index < -0.39 is 11.4 Å². The molecule has 0 amide bonds. The molecule has 0 aromatic rings. The number of hydrogen-bond donors (Lipinski definition) is 0. The predicted molar refractivity (Wildman–Crippen MR) is 60.6 cm³/mol. The van der Waals surface area contributed by atoms with E-state index in [0.29, 0.717) is 31.4 Å². The lowest BCUT2D eigenvalue weighted by Gasteiger charge is -2.31. The molecule has 0 N–H and O–H groups in total. The molecule has 3 fully saturated rings. The fourth-order valence-electron chi connectivity index (χ4n) is 3.24. The number of cyclic esters (lactones) is 1. The normalized spacial score (nSPS) is 41.2. The van der Waals surface area contributed by atoms with E-state index in [1.165, 1.54) is 0 Å². The number of rotatable bonds is 2. The number of carbonyl (C=O) groups excluding carboxylic acids is 2. The maximum atomic E-state index is 11.9. The molecule has 5 heteroatoms. The van der Waals surface area contributed by atoms with Gasteiger partial charge in [0.15, 0.2) is 0 Å². The Hall–Kier alpha value is -1.36. The Morgan fingerprint density at radius 3 is 2.89 bits per heavy atom. The van der Waals surface area contributed by atoms with Crippen LogP contribution in [0, 0.1) is 5.41 Å². The number of hydrogen-bond acceptors (Lipinski definition) is 5. The van der Waals surface area contributed by atoms with Gasteiger partial charge in [0, 0.05) is 18.4 Å². The maximum absolute atomic E-state index is 11.9. The van der Waals surface area contributed by atoms with Crippen molar-refractivity contribution in [3.05, 3.63) is 12.2 Å². The molecule has 3 aliphatic rings. The molecule has 18 heavy (non-hydrogen) atoms. The zero-order chi connectivity index (χ0) is 12.9. The fourth-order valence-corrected chi connectivity index (χ4v) is 3.24. The Morgan fingerprint density at radius 1 is 1.56 bits per heavy atom. The summed E-state index contributed by atoms with van der Waals surface area (Å²) >= 11 is 0. The zero-order valence-corrected chi connectivity index (χ0v) is 10.3. The van der Waals surface area contributed by atoms with Gasteiger partial charge in [0.05, 0.1) is 12.7 Å². The van der Waals surface area contributed by atoms with Crippen LogP contribution in [0.3, 0.4) is 0 Å². The summed E-state index contributed by atoms with van der Waals surface area (Å²) in [6.45, 7) is 5.60. The molecular formula is C13H16O5. The predicted octanol–water partition coefficient (Wildman–Crippen LogP) is 0.969. The van der Waals surface area contributed by atoms with Crippen LogP contribution < -0.4 is 0 Å². The SMILES string of the molecule is C=C(C)C(=O)OC1CC2CC3(CCOC3=O)C1O2. The lowest BCUT2D eigenvalue weighted by Crippen LogP contribution is -2.46. The molecule has 3 rings (SSSR count). The summed E-state index contributed by atoms with van der Waals surface area (Å²) in [6, 6.07) is 0. The Labute approximate surface area is 105 Å². The first-order valence-electron chi connectivity index (χ1n) is 6.22. The minimum atomic E-state index is -0.580. The molecule has 0 radical (unpaired) electrons. The molecule has 3 saturated heterocycles. The lowest BCUT2D eigenvalue weighted by molar-refractivity contribution is -0.159. The van der Waals surface area contributed by atoms with E-state index in [1.54, 1.807) is 6.92 Å². The van der Waals surface area contributed by atoms with Gasteiger partial charge in [-0.3, -0.25) is 4.79 Å². The van der Waals surface area contributed by atoms with Crippen LogP contribution in [0.15, 0.2) is 12.2 Å². The molecule has 3 heterocycles. The van der Waals surface area contributed by atoms with Crippen molar-refractivity contribution in [2.45, 2.75) is 44.5 Å². The van der Waals surface area contributed by atoms with E-state index in [1.807, 2.05) is 0 Å². The number of ether oxygens (including phenoxy) is 3. The lowest BCUT2D eigenvalue weighted by atomic mass is 9.72. The van der Waals surface area contributed by atoms with Crippen molar-refractivity contribution in [3.8, 4) is 0 Å². The van der Waals surface area contributed by atoms with Crippen LogP contribution in [0.25, 0.3) is 0 Å². The molecule has 3 aliphatic heterocycles. The topological polar surface area (TPSA) is 61.8 Å². The first-order chi connectivity index (χ1) is 8.53. The Balaban J connectivity index is 1.78. The second-order valence-electron chi connectivity index (χ2n) is 5.38. The Morgan fingerprint density at radius 2 is 2.33 bits per heavy atom. The van der Waals surface area contributed by atoms with Crippen molar-refractivity contribution < 1.29 is 23.8 Å². The highest BCUT2D eigenvalue weighted by molar-refractivity contribution is 5.87. The van der Waals surface area contributed by atoms with Crippen LogP contribution in [0.5, 0.6) is 0 Å². The molecule has 0 aromatic heterocycles. The van der Waals surface area contributed by atoms with Crippen LogP contribution >= 0.6 is 0 Å². The summed E-state index contributed by atoms with van der Waals surface area (Å²) in [4.78, 5) is 23.5. The van der Waals surface area contributed by atoms with Crippen LogP contribution in [-0.4, -0.2) is 36.9 Å². The van der Waals surface area contributed by atoms with Crippen molar-refractivity contribution in [1.29, 1.82) is 0 Å². The summed E-state index contributed by atoms with van der Waals surface area (Å²) in [5.74, 6) is -0.622. The highest BCUT2D eigenvalue weighted by atomic mass is 16.6. The maximum Gasteiger partial charge on any atom is 0.333 e. The van der Waals surface area contributed by atoms with Crippen molar-refractivity contribution in [2.75, 3.05) is 6.61 Å². The van der Waals surface area contributed by atoms with E-state index in [9.17, 15) is 9.59 Å². The molecule has 0 aliphatic carbocycles. The fraction of sp³-hybridized carbons (Fsp3) is 0.692. The minimum absolute atomic E-state index is 0.00331. The summed E-state index contributed by atoms with van der Waals surface area (Å²) < 4.78 is 16.2. The van der Waals surface area contributed by atoms with E-state index in [0.717, 1.165) is 0 Å². The summed E-state index contributed by atoms with van der Waals surface area (Å²) in [5, 5.41) is 0. The minimum Gasteiger partial charge on any atom is -0.465 e. The van der Waals surface area contributed by atoms with Gasteiger partial charge in [-0.05, 0) is 13.3 Å². The molecular weight excluding hydrogens is 236 g/mol. The van der Waals surface area contributed by atoms with E-state index in [-0.39, 0.29) is 24.3 Å². The van der Waals surface area contributed by atoms with Gasteiger partial charge >= 0.3 is 11.9 Å². The van der Waals surface area contributed by atoms with Gasteiger partial charge in [-0.15, -0.1) is 0 Å². The monoisotopic (exact) mass is 252 g/mol. The van der Waals surface area contributed by atoms with Gasteiger partial charge in [0.2, 0.25) is 0 Å². The van der Waals surface area contributed by atoms with Crippen molar-refractivity contribution in [2.24, 2.45) is 5.41 Å².